The second kappa shape index (κ2) is 9.66. The van der Waals surface area contributed by atoms with E-state index in [0.29, 0.717) is 12.2 Å². The zero-order chi connectivity index (χ0) is 16.4. The molecule has 0 bridgehead atoms. The summed E-state index contributed by atoms with van der Waals surface area (Å²) in [5.74, 6) is -0.202. The maximum atomic E-state index is 12.0. The van der Waals surface area contributed by atoms with Crippen molar-refractivity contribution in [2.75, 3.05) is 6.61 Å². The quantitative estimate of drug-likeness (QED) is 0.420. The van der Waals surface area contributed by atoms with Crippen LogP contribution in [-0.4, -0.2) is 12.6 Å². The SMILES string of the molecule is CCCCCCCCCOC(=O)c1ccc(C(C)(C)C)cc1. The zero-order valence-electron chi connectivity index (χ0n) is 14.8. The Morgan fingerprint density at radius 3 is 2.00 bits per heavy atom. The third-order valence-electron chi connectivity index (χ3n) is 3.97. The number of carbonyl (C=O) groups excluding carboxylic acids is 1. The van der Waals surface area contributed by atoms with Crippen molar-refractivity contribution in [3.8, 4) is 0 Å². The van der Waals surface area contributed by atoms with Crippen molar-refractivity contribution in [3.63, 3.8) is 0 Å². The van der Waals surface area contributed by atoms with Crippen molar-refractivity contribution < 1.29 is 9.53 Å². The van der Waals surface area contributed by atoms with Gasteiger partial charge < -0.3 is 4.74 Å². The second-order valence-electron chi connectivity index (χ2n) is 7.08. The van der Waals surface area contributed by atoms with Gasteiger partial charge in [-0.3, -0.25) is 0 Å². The Bertz CT molecular complexity index is 426. The molecule has 0 saturated heterocycles. The van der Waals surface area contributed by atoms with E-state index in [1.165, 1.54) is 37.7 Å². The van der Waals surface area contributed by atoms with Gasteiger partial charge in [0.2, 0.25) is 0 Å². The molecule has 0 saturated carbocycles. The molecule has 0 aromatic heterocycles. The van der Waals surface area contributed by atoms with Gasteiger partial charge in [0.15, 0.2) is 0 Å². The van der Waals surface area contributed by atoms with Crippen molar-refractivity contribution in [3.05, 3.63) is 35.4 Å². The number of benzene rings is 1. The summed E-state index contributed by atoms with van der Waals surface area (Å²) in [5.41, 5.74) is 1.99. The molecule has 124 valence electrons. The van der Waals surface area contributed by atoms with Crippen LogP contribution in [-0.2, 0) is 10.2 Å². The molecule has 0 spiro atoms. The van der Waals surface area contributed by atoms with E-state index >= 15 is 0 Å². The van der Waals surface area contributed by atoms with Crippen LogP contribution < -0.4 is 0 Å². The number of esters is 1. The topological polar surface area (TPSA) is 26.3 Å². The molecule has 0 amide bonds. The Balaban J connectivity index is 2.23. The molecule has 0 fully saturated rings. The van der Waals surface area contributed by atoms with Crippen molar-refractivity contribution in [1.29, 1.82) is 0 Å². The number of unbranched alkanes of at least 4 members (excludes halogenated alkanes) is 6. The largest absolute Gasteiger partial charge is 0.462 e. The van der Waals surface area contributed by atoms with Gasteiger partial charge in [-0.25, -0.2) is 4.79 Å². The Morgan fingerprint density at radius 2 is 1.45 bits per heavy atom. The van der Waals surface area contributed by atoms with E-state index in [4.69, 9.17) is 4.74 Å². The predicted molar refractivity (Wildman–Crippen MR) is 93.4 cm³/mol. The Kier molecular flexibility index (Phi) is 8.22. The third-order valence-corrected chi connectivity index (χ3v) is 3.97. The summed E-state index contributed by atoms with van der Waals surface area (Å²) < 4.78 is 5.34. The molecule has 1 aromatic rings. The van der Waals surface area contributed by atoms with Gasteiger partial charge in [0, 0.05) is 0 Å². The lowest BCUT2D eigenvalue weighted by atomic mass is 9.87. The van der Waals surface area contributed by atoms with E-state index in [1.807, 2.05) is 24.3 Å². The van der Waals surface area contributed by atoms with Crippen LogP contribution in [0.3, 0.4) is 0 Å². The maximum absolute atomic E-state index is 12.0. The van der Waals surface area contributed by atoms with E-state index in [2.05, 4.69) is 27.7 Å². The van der Waals surface area contributed by atoms with Crippen LogP contribution in [0.15, 0.2) is 24.3 Å². The van der Waals surface area contributed by atoms with Crippen molar-refractivity contribution >= 4 is 5.97 Å². The summed E-state index contributed by atoms with van der Waals surface area (Å²) in [6.45, 7) is 9.27. The highest BCUT2D eigenvalue weighted by Gasteiger charge is 2.14. The molecular formula is C20H32O2. The first-order valence-electron chi connectivity index (χ1n) is 8.73. The minimum absolute atomic E-state index is 0.111. The van der Waals surface area contributed by atoms with Gasteiger partial charge in [-0.1, -0.05) is 78.4 Å². The van der Waals surface area contributed by atoms with Crippen LogP contribution >= 0.6 is 0 Å². The van der Waals surface area contributed by atoms with Gasteiger partial charge in [-0.05, 0) is 29.5 Å². The molecule has 0 aliphatic heterocycles. The second-order valence-corrected chi connectivity index (χ2v) is 7.08. The maximum Gasteiger partial charge on any atom is 0.338 e. The average molecular weight is 304 g/mol. The molecule has 2 heteroatoms. The Hall–Kier alpha value is -1.31. The summed E-state index contributed by atoms with van der Waals surface area (Å²) in [7, 11) is 0. The smallest absolute Gasteiger partial charge is 0.338 e. The van der Waals surface area contributed by atoms with E-state index in [1.54, 1.807) is 0 Å². The molecule has 0 unspecified atom stereocenters. The molecule has 0 aliphatic rings. The minimum Gasteiger partial charge on any atom is -0.462 e. The lowest BCUT2D eigenvalue weighted by Gasteiger charge is -2.18. The molecule has 0 radical (unpaired) electrons. The van der Waals surface area contributed by atoms with Crippen LogP contribution in [0.5, 0.6) is 0 Å². The molecule has 22 heavy (non-hydrogen) atoms. The predicted octanol–water partition coefficient (Wildman–Crippen LogP) is 5.89. The van der Waals surface area contributed by atoms with Crippen LogP contribution in [0.2, 0.25) is 0 Å². The van der Waals surface area contributed by atoms with Gasteiger partial charge >= 0.3 is 5.97 Å². The molecular weight excluding hydrogens is 272 g/mol. The first-order valence-corrected chi connectivity index (χ1v) is 8.73. The van der Waals surface area contributed by atoms with Gasteiger partial charge in [-0.2, -0.15) is 0 Å². The monoisotopic (exact) mass is 304 g/mol. The molecule has 1 aromatic carbocycles. The summed E-state index contributed by atoms with van der Waals surface area (Å²) in [6, 6.07) is 7.77. The fraction of sp³-hybridized carbons (Fsp3) is 0.650. The zero-order valence-corrected chi connectivity index (χ0v) is 14.8. The normalized spacial score (nSPS) is 11.5. The molecule has 0 N–H and O–H groups in total. The first kappa shape index (κ1) is 18.7. The van der Waals surface area contributed by atoms with E-state index in [0.717, 1.165) is 12.8 Å². The standard InChI is InChI=1S/C20H32O2/c1-5-6-7-8-9-10-11-16-22-19(21)17-12-14-18(15-13-17)20(2,3)4/h12-15H,5-11,16H2,1-4H3. The van der Waals surface area contributed by atoms with Crippen LogP contribution in [0.1, 0.15) is 88.6 Å². The van der Waals surface area contributed by atoms with E-state index in [-0.39, 0.29) is 11.4 Å². The average Bonchev–Trinajstić information content (AvgIpc) is 2.49. The van der Waals surface area contributed by atoms with Gasteiger partial charge in [-0.15, -0.1) is 0 Å². The fourth-order valence-corrected chi connectivity index (χ4v) is 2.41. The van der Waals surface area contributed by atoms with Crippen LogP contribution in [0.4, 0.5) is 0 Å². The van der Waals surface area contributed by atoms with E-state index < -0.39 is 0 Å². The van der Waals surface area contributed by atoms with Crippen LogP contribution in [0.25, 0.3) is 0 Å². The highest BCUT2D eigenvalue weighted by Crippen LogP contribution is 2.22. The van der Waals surface area contributed by atoms with E-state index in [9.17, 15) is 4.79 Å². The highest BCUT2D eigenvalue weighted by molar-refractivity contribution is 5.89. The van der Waals surface area contributed by atoms with Gasteiger partial charge in [0.05, 0.1) is 12.2 Å². The Morgan fingerprint density at radius 1 is 0.909 bits per heavy atom. The Labute approximate surface area is 136 Å². The van der Waals surface area contributed by atoms with Crippen LogP contribution in [0, 0.1) is 0 Å². The third kappa shape index (κ3) is 7.11. The molecule has 1 rings (SSSR count). The van der Waals surface area contributed by atoms with Gasteiger partial charge in [0.25, 0.3) is 0 Å². The lowest BCUT2D eigenvalue weighted by Crippen LogP contribution is -2.12. The first-order chi connectivity index (χ1) is 10.4. The number of hydrogen-bond donors (Lipinski definition) is 0. The van der Waals surface area contributed by atoms with Gasteiger partial charge in [0.1, 0.15) is 0 Å². The fourth-order valence-electron chi connectivity index (χ4n) is 2.41. The number of carbonyl (C=O) groups is 1. The summed E-state index contributed by atoms with van der Waals surface area (Å²) in [6.07, 6.45) is 8.62. The summed E-state index contributed by atoms with van der Waals surface area (Å²) >= 11 is 0. The highest BCUT2D eigenvalue weighted by atomic mass is 16.5. The summed E-state index contributed by atoms with van der Waals surface area (Å²) in [4.78, 5) is 12.0. The van der Waals surface area contributed by atoms with Crippen molar-refractivity contribution in [2.45, 2.75) is 78.1 Å². The van der Waals surface area contributed by atoms with Crippen molar-refractivity contribution in [2.24, 2.45) is 0 Å². The molecule has 2 nitrogen and oxygen atoms in total. The molecule has 0 atom stereocenters. The molecule has 0 aliphatic carbocycles. The lowest BCUT2D eigenvalue weighted by molar-refractivity contribution is 0.0497. The molecule has 0 heterocycles. The number of ether oxygens (including phenoxy) is 1. The minimum atomic E-state index is -0.202. The number of rotatable bonds is 9. The summed E-state index contributed by atoms with van der Waals surface area (Å²) in [5, 5.41) is 0. The number of hydrogen-bond acceptors (Lipinski definition) is 2. The van der Waals surface area contributed by atoms with Crippen molar-refractivity contribution in [1.82, 2.24) is 0 Å².